The number of benzene rings is 2. The fourth-order valence-electron chi connectivity index (χ4n) is 4.49. The summed E-state index contributed by atoms with van der Waals surface area (Å²) in [6, 6.07) is 11.8. The molecule has 1 aliphatic rings. The molecule has 2 aromatic rings. The molecule has 1 heterocycles. The van der Waals surface area contributed by atoms with Gasteiger partial charge in [0.2, 0.25) is 0 Å². The van der Waals surface area contributed by atoms with Crippen molar-refractivity contribution in [1.82, 2.24) is 10.2 Å². The van der Waals surface area contributed by atoms with E-state index in [0.29, 0.717) is 25.6 Å². The number of hydrogen-bond acceptors (Lipinski definition) is 4. The number of alkyl halides is 3. The van der Waals surface area contributed by atoms with Gasteiger partial charge in [0.15, 0.2) is 10.8 Å². The Balaban J connectivity index is 1.66. The largest absolute Gasteiger partial charge is 0.494 e. The standard InChI is InChI=1S/C28H33F3N4O2S/c1-7-23(33-18(2)3)19-9-12-21(13-10-19)37-16-8-15-34-26(38)35(25(36)27(34,4)5)20-11-14-24(32-6)22(17-20)28(29,30)31/h9-14,17-18,23,33H,7-8,15-16H2,1-5H3. The third-order valence-electron chi connectivity index (χ3n) is 6.51. The fraction of sp³-hybridized carbons (Fsp3) is 0.464. The molecule has 0 saturated carbocycles. The third-order valence-corrected chi connectivity index (χ3v) is 6.91. The number of carbonyl (C=O) groups is 1. The van der Waals surface area contributed by atoms with Gasteiger partial charge in [0.25, 0.3) is 5.91 Å². The predicted octanol–water partition coefficient (Wildman–Crippen LogP) is 6.89. The van der Waals surface area contributed by atoms with Crippen molar-refractivity contribution in [2.45, 2.75) is 71.3 Å². The summed E-state index contributed by atoms with van der Waals surface area (Å²) in [5.74, 6) is 0.303. The lowest BCUT2D eigenvalue weighted by Gasteiger charge is -2.29. The number of thiocarbonyl (C=S) groups is 1. The minimum absolute atomic E-state index is 0.0102. The minimum atomic E-state index is -4.73. The second-order valence-electron chi connectivity index (χ2n) is 10.00. The fourth-order valence-corrected chi connectivity index (χ4v) is 5.00. The number of anilines is 1. The van der Waals surface area contributed by atoms with E-state index in [1.54, 1.807) is 18.7 Å². The highest BCUT2D eigenvalue weighted by atomic mass is 32.1. The maximum Gasteiger partial charge on any atom is 0.407 e. The Morgan fingerprint density at radius 1 is 1.16 bits per heavy atom. The first kappa shape index (κ1) is 29.4. The summed E-state index contributed by atoms with van der Waals surface area (Å²) in [6.07, 6.45) is -3.21. The molecule has 204 valence electrons. The van der Waals surface area contributed by atoms with Crippen LogP contribution in [0.25, 0.3) is 4.85 Å². The molecule has 1 amide bonds. The molecule has 0 radical (unpaired) electrons. The van der Waals surface area contributed by atoms with Gasteiger partial charge < -0.3 is 15.0 Å². The van der Waals surface area contributed by atoms with Crippen molar-refractivity contribution in [3.63, 3.8) is 0 Å². The van der Waals surface area contributed by atoms with Crippen LogP contribution >= 0.6 is 12.2 Å². The van der Waals surface area contributed by atoms with E-state index >= 15 is 0 Å². The number of rotatable bonds is 10. The number of amides is 1. The highest BCUT2D eigenvalue weighted by molar-refractivity contribution is 7.80. The van der Waals surface area contributed by atoms with Crippen LogP contribution in [0.15, 0.2) is 42.5 Å². The summed E-state index contributed by atoms with van der Waals surface area (Å²) in [5, 5.41) is 3.66. The first-order valence-corrected chi connectivity index (χ1v) is 13.0. The molecule has 1 N–H and O–H groups in total. The smallest absolute Gasteiger partial charge is 0.407 e. The second kappa shape index (κ2) is 11.7. The van der Waals surface area contributed by atoms with Crippen molar-refractivity contribution >= 4 is 34.6 Å². The molecule has 10 heteroatoms. The number of nitrogens with zero attached hydrogens (tertiary/aromatic N) is 3. The summed E-state index contributed by atoms with van der Waals surface area (Å²) in [7, 11) is 0. The van der Waals surface area contributed by atoms with Gasteiger partial charge in [-0.25, -0.2) is 4.85 Å². The van der Waals surface area contributed by atoms with Gasteiger partial charge >= 0.3 is 6.18 Å². The van der Waals surface area contributed by atoms with E-state index in [-0.39, 0.29) is 16.8 Å². The number of ether oxygens (including phenoxy) is 1. The van der Waals surface area contributed by atoms with Crippen LogP contribution in [-0.2, 0) is 11.0 Å². The molecule has 1 unspecified atom stereocenters. The van der Waals surface area contributed by atoms with E-state index in [9.17, 15) is 18.0 Å². The van der Waals surface area contributed by atoms with E-state index < -0.39 is 28.9 Å². The lowest BCUT2D eigenvalue weighted by molar-refractivity contribution is -0.136. The summed E-state index contributed by atoms with van der Waals surface area (Å²) < 4.78 is 46.4. The zero-order valence-electron chi connectivity index (χ0n) is 22.2. The van der Waals surface area contributed by atoms with E-state index in [2.05, 4.69) is 30.9 Å². The minimum Gasteiger partial charge on any atom is -0.494 e. The van der Waals surface area contributed by atoms with Crippen molar-refractivity contribution in [3.8, 4) is 5.75 Å². The molecule has 1 fully saturated rings. The summed E-state index contributed by atoms with van der Waals surface area (Å²) >= 11 is 5.53. The van der Waals surface area contributed by atoms with Gasteiger partial charge in [-0.3, -0.25) is 9.69 Å². The number of nitrogens with one attached hydrogen (secondary N) is 1. The average Bonchev–Trinajstić information content (AvgIpc) is 3.03. The highest BCUT2D eigenvalue weighted by Crippen LogP contribution is 2.41. The average molecular weight is 547 g/mol. The van der Waals surface area contributed by atoms with Gasteiger partial charge in [-0.05, 0) is 68.7 Å². The van der Waals surface area contributed by atoms with Gasteiger partial charge in [0, 0.05) is 24.3 Å². The second-order valence-corrected chi connectivity index (χ2v) is 10.4. The van der Waals surface area contributed by atoms with Crippen LogP contribution in [0.1, 0.15) is 64.6 Å². The first-order chi connectivity index (χ1) is 17.8. The molecule has 0 aromatic heterocycles. The van der Waals surface area contributed by atoms with Gasteiger partial charge in [-0.2, -0.15) is 13.2 Å². The normalized spacial score (nSPS) is 16.2. The predicted molar refractivity (Wildman–Crippen MR) is 146 cm³/mol. The van der Waals surface area contributed by atoms with Crippen LogP contribution in [-0.4, -0.2) is 40.7 Å². The molecule has 0 aliphatic carbocycles. The first-order valence-electron chi connectivity index (χ1n) is 12.5. The SMILES string of the molecule is [C-]#[N+]c1ccc(N2C(=O)C(C)(C)N(CCCOc3ccc(C(CC)NC(C)C)cc3)C2=S)cc1C(F)(F)F. The van der Waals surface area contributed by atoms with Gasteiger partial charge in [-0.1, -0.05) is 39.0 Å². The van der Waals surface area contributed by atoms with Crippen molar-refractivity contribution in [3.05, 3.63) is 65.0 Å². The molecule has 1 saturated heterocycles. The molecular weight excluding hydrogens is 513 g/mol. The van der Waals surface area contributed by atoms with Crippen LogP contribution < -0.4 is 15.0 Å². The van der Waals surface area contributed by atoms with E-state index in [1.165, 1.54) is 11.6 Å². The van der Waals surface area contributed by atoms with Crippen LogP contribution in [0.3, 0.4) is 0 Å². The number of halogens is 3. The quantitative estimate of drug-likeness (QED) is 0.200. The Bertz CT molecular complexity index is 1210. The number of carbonyl (C=O) groups excluding carboxylic acids is 1. The van der Waals surface area contributed by atoms with Crippen LogP contribution in [0.2, 0.25) is 0 Å². The monoisotopic (exact) mass is 546 g/mol. The summed E-state index contributed by atoms with van der Waals surface area (Å²) in [4.78, 5) is 19.0. The van der Waals surface area contributed by atoms with Gasteiger partial charge in [-0.15, -0.1) is 0 Å². The van der Waals surface area contributed by atoms with Gasteiger partial charge in [0.1, 0.15) is 11.3 Å². The van der Waals surface area contributed by atoms with E-state index in [1.807, 2.05) is 24.3 Å². The zero-order chi connectivity index (χ0) is 28.3. The lowest BCUT2D eigenvalue weighted by atomic mass is 10.0. The van der Waals surface area contributed by atoms with Crippen LogP contribution in [0.5, 0.6) is 5.75 Å². The summed E-state index contributed by atoms with van der Waals surface area (Å²) in [6.45, 7) is 17.5. The van der Waals surface area contributed by atoms with Crippen molar-refractivity contribution in [2.75, 3.05) is 18.1 Å². The molecule has 2 aromatic carbocycles. The van der Waals surface area contributed by atoms with Crippen molar-refractivity contribution in [2.24, 2.45) is 0 Å². The Hall–Kier alpha value is -3.16. The molecule has 0 bridgehead atoms. The molecule has 0 spiro atoms. The molecule has 3 rings (SSSR count). The Labute approximate surface area is 227 Å². The molecule has 1 atom stereocenters. The highest BCUT2D eigenvalue weighted by Gasteiger charge is 2.49. The Morgan fingerprint density at radius 3 is 2.37 bits per heavy atom. The maximum atomic E-state index is 13.5. The zero-order valence-corrected chi connectivity index (χ0v) is 23.0. The molecular formula is C28H33F3N4O2S. The maximum absolute atomic E-state index is 13.5. The lowest BCUT2D eigenvalue weighted by Crippen LogP contribution is -2.44. The molecule has 1 aliphatic heterocycles. The van der Waals surface area contributed by atoms with E-state index in [4.69, 9.17) is 23.5 Å². The molecule has 6 nitrogen and oxygen atoms in total. The van der Waals surface area contributed by atoms with Crippen LogP contribution in [0.4, 0.5) is 24.5 Å². The Morgan fingerprint density at radius 2 is 1.82 bits per heavy atom. The van der Waals surface area contributed by atoms with E-state index in [0.717, 1.165) is 29.2 Å². The van der Waals surface area contributed by atoms with Crippen molar-refractivity contribution < 1.29 is 22.7 Å². The van der Waals surface area contributed by atoms with Crippen LogP contribution in [0, 0.1) is 6.57 Å². The van der Waals surface area contributed by atoms with Gasteiger partial charge in [0.05, 0.1) is 18.7 Å². The molecule has 38 heavy (non-hydrogen) atoms. The van der Waals surface area contributed by atoms with Crippen molar-refractivity contribution in [1.29, 1.82) is 0 Å². The topological polar surface area (TPSA) is 49.2 Å². The third kappa shape index (κ3) is 6.27. The Kier molecular flexibility index (Phi) is 9.05. The number of hydrogen-bond donors (Lipinski definition) is 1. The summed E-state index contributed by atoms with van der Waals surface area (Å²) in [5.41, 5.74) is -1.49.